The van der Waals surface area contributed by atoms with Crippen LogP contribution in [0.3, 0.4) is 0 Å². The minimum atomic E-state index is -2.42. The Morgan fingerprint density at radius 1 is 0.611 bits per heavy atom. The number of allylic oxidation sites excluding steroid dienone is 1. The Morgan fingerprint density at radius 3 is 1.37 bits per heavy atom. The molecular weight excluding hydrogens is 737 g/mol. The van der Waals surface area contributed by atoms with E-state index >= 15 is 0 Å². The van der Waals surface area contributed by atoms with E-state index in [1.807, 2.05) is 6.08 Å². The minimum Gasteiger partial charge on any atom is -0.482 e. The summed E-state index contributed by atoms with van der Waals surface area (Å²) >= 11 is 0. The van der Waals surface area contributed by atoms with Crippen LogP contribution in [0.15, 0.2) is 11.8 Å². The highest BCUT2D eigenvalue weighted by Crippen LogP contribution is 2.49. The van der Waals surface area contributed by atoms with Crippen molar-refractivity contribution >= 4 is 39.1 Å². The van der Waals surface area contributed by atoms with Gasteiger partial charge in [0.2, 0.25) is 25.0 Å². The van der Waals surface area contributed by atoms with Crippen LogP contribution in [-0.2, 0) is 27.2 Å². The summed E-state index contributed by atoms with van der Waals surface area (Å²) in [6.45, 7) is 54.6. The molecule has 0 radical (unpaired) electrons. The number of carbonyl (C=O) groups excluding carboxylic acids is 1. The number of hydrogen-bond acceptors (Lipinski definition) is 6. The van der Waals surface area contributed by atoms with Crippen molar-refractivity contribution in [2.75, 3.05) is 13.2 Å². The van der Waals surface area contributed by atoms with Crippen LogP contribution in [0.25, 0.3) is 0 Å². The van der Waals surface area contributed by atoms with Crippen molar-refractivity contribution in [1.82, 2.24) is 0 Å². The summed E-state index contributed by atoms with van der Waals surface area (Å²) in [5, 5.41) is 0.164. The third-order valence-corrected chi connectivity index (χ3v) is 36.7. The molecule has 0 fully saturated rings. The fraction of sp³-hybridized carbons (Fsp3) is 0.932. The summed E-state index contributed by atoms with van der Waals surface area (Å²) in [4.78, 5) is 14.3. The molecule has 0 N–H and O–H groups in total. The molecule has 0 saturated carbocycles. The third kappa shape index (κ3) is 11.6. The lowest BCUT2D eigenvalue weighted by Crippen LogP contribution is -2.61. The molecule has 0 aromatic rings. The molecule has 320 valence electrons. The van der Waals surface area contributed by atoms with Crippen LogP contribution in [0.1, 0.15) is 165 Å². The number of ketones is 1. The molecule has 0 aromatic heterocycles. The number of rotatable bonds is 23. The SMILES string of the molecule is CC(C)[Si](OC[C@H]1OC(C(=O)CCCCO[Si](C)(C)C(C)(C)C)=C[C@@H](O[Si](C(C)C)(C(C)C)C(C)C)[C@@H]1O[Si](C(C)C)(C(C)C)C(C)C)(C(C)C)C(C)C. The molecule has 0 bridgehead atoms. The highest BCUT2D eigenvalue weighted by molar-refractivity contribution is 6.79. The first-order valence-corrected chi connectivity index (χ1v) is 31.4. The van der Waals surface area contributed by atoms with E-state index in [4.69, 9.17) is 22.4 Å². The molecule has 1 aliphatic rings. The van der Waals surface area contributed by atoms with E-state index < -0.39 is 45.5 Å². The zero-order valence-electron chi connectivity index (χ0n) is 40.0. The monoisotopic (exact) mass is 829 g/mol. The molecular formula is C44H92O6Si4. The maximum Gasteiger partial charge on any atom is 0.201 e. The van der Waals surface area contributed by atoms with Crippen molar-refractivity contribution < 1.29 is 27.2 Å². The predicted molar refractivity (Wildman–Crippen MR) is 244 cm³/mol. The Labute approximate surface area is 340 Å². The van der Waals surface area contributed by atoms with Crippen LogP contribution in [0.5, 0.6) is 0 Å². The minimum absolute atomic E-state index is 0.0467. The van der Waals surface area contributed by atoms with Crippen LogP contribution in [0.4, 0.5) is 0 Å². The summed E-state index contributed by atoms with van der Waals surface area (Å²) in [7, 11) is -8.94. The van der Waals surface area contributed by atoms with Crippen molar-refractivity contribution in [2.24, 2.45) is 0 Å². The Balaban J connectivity index is 3.93. The van der Waals surface area contributed by atoms with Gasteiger partial charge in [0.1, 0.15) is 12.2 Å². The van der Waals surface area contributed by atoms with Crippen molar-refractivity contribution in [3.05, 3.63) is 11.8 Å². The second kappa shape index (κ2) is 20.7. The van der Waals surface area contributed by atoms with E-state index in [1.54, 1.807) is 0 Å². The van der Waals surface area contributed by atoms with Gasteiger partial charge in [0.25, 0.3) is 0 Å². The lowest BCUT2D eigenvalue weighted by molar-refractivity contribution is -0.127. The van der Waals surface area contributed by atoms with Crippen LogP contribution in [-0.4, -0.2) is 70.6 Å². The van der Waals surface area contributed by atoms with Gasteiger partial charge < -0.3 is 22.4 Å². The number of Topliss-reactive ketones (excluding diaryl/α,β-unsaturated/α-hetero) is 1. The fourth-order valence-corrected chi connectivity index (χ4v) is 27.9. The number of carbonyl (C=O) groups is 1. The van der Waals surface area contributed by atoms with E-state index in [2.05, 4.69) is 158 Å². The van der Waals surface area contributed by atoms with Gasteiger partial charge in [-0.15, -0.1) is 0 Å². The molecule has 1 aliphatic heterocycles. The maximum absolute atomic E-state index is 14.3. The predicted octanol–water partition coefficient (Wildman–Crippen LogP) is 14.3. The van der Waals surface area contributed by atoms with Gasteiger partial charge in [0, 0.05) is 13.0 Å². The molecule has 1 heterocycles. The highest BCUT2D eigenvalue weighted by Gasteiger charge is 2.55. The molecule has 10 heteroatoms. The summed E-state index contributed by atoms with van der Waals surface area (Å²) in [6, 6.07) is 0. The van der Waals surface area contributed by atoms with Gasteiger partial charge in [0.15, 0.2) is 19.9 Å². The first-order valence-electron chi connectivity index (χ1n) is 22.1. The Kier molecular flexibility index (Phi) is 20.0. The molecule has 1 rings (SSSR count). The van der Waals surface area contributed by atoms with Gasteiger partial charge in [-0.2, -0.15) is 0 Å². The maximum atomic E-state index is 14.3. The second-order valence-electron chi connectivity index (χ2n) is 21.1. The lowest BCUT2D eigenvalue weighted by Gasteiger charge is -2.52. The number of unbranched alkanes of at least 4 members (excludes halogenated alkanes) is 1. The summed E-state index contributed by atoms with van der Waals surface area (Å²) in [5.74, 6) is 0.486. The standard InChI is InChI=1S/C44H92O6Si4/c1-30(2)52(31(3)4,32(5)6)47-29-42-43(50-54(36(13)14,37(15)16)38(17)18)41(49-53(33(7)8,34(9)10)35(11)12)28-40(48-42)39(45)26-24-25-27-46-51(22,23)44(19,20)21/h28,30-38,41-43H,24-27,29H2,1-23H3/t41-,42-,43+/m1/s1. The fourth-order valence-electron chi connectivity index (χ4n) is 10.3. The molecule has 0 aromatic carbocycles. The lowest BCUT2D eigenvalue weighted by atomic mass is 10.0. The summed E-state index contributed by atoms with van der Waals surface area (Å²) in [6.07, 6.45) is 2.85. The zero-order chi connectivity index (χ0) is 42.4. The molecule has 0 aliphatic carbocycles. The van der Waals surface area contributed by atoms with E-state index in [-0.39, 0.29) is 16.9 Å². The highest BCUT2D eigenvalue weighted by atomic mass is 28.4. The third-order valence-electron chi connectivity index (χ3n) is 13.9. The van der Waals surface area contributed by atoms with Crippen molar-refractivity contribution in [2.45, 2.75) is 251 Å². The van der Waals surface area contributed by atoms with Gasteiger partial charge in [0.05, 0.1) is 12.7 Å². The molecule has 0 spiro atoms. The van der Waals surface area contributed by atoms with Crippen molar-refractivity contribution in [3.8, 4) is 0 Å². The van der Waals surface area contributed by atoms with E-state index in [0.717, 1.165) is 12.8 Å². The van der Waals surface area contributed by atoms with Crippen LogP contribution in [0, 0.1) is 0 Å². The van der Waals surface area contributed by atoms with Gasteiger partial charge in [-0.3, -0.25) is 4.79 Å². The molecule has 0 saturated heterocycles. The smallest absolute Gasteiger partial charge is 0.201 e. The number of ether oxygens (including phenoxy) is 1. The normalized spacial score (nSPS) is 19.9. The number of hydrogen-bond donors (Lipinski definition) is 0. The molecule has 0 unspecified atom stereocenters. The summed E-state index contributed by atoms with van der Waals surface area (Å²) < 4.78 is 36.3. The van der Waals surface area contributed by atoms with Gasteiger partial charge in [-0.05, 0) is 86.9 Å². The van der Waals surface area contributed by atoms with Crippen molar-refractivity contribution in [3.63, 3.8) is 0 Å². The Morgan fingerprint density at radius 2 is 1.00 bits per heavy atom. The quantitative estimate of drug-likeness (QED) is 0.0755. The van der Waals surface area contributed by atoms with E-state index in [9.17, 15) is 4.79 Å². The Hall–Kier alpha value is -0.0825. The van der Waals surface area contributed by atoms with Crippen molar-refractivity contribution in [1.29, 1.82) is 0 Å². The molecule has 3 atom stereocenters. The van der Waals surface area contributed by atoms with Crippen LogP contribution < -0.4 is 0 Å². The summed E-state index contributed by atoms with van der Waals surface area (Å²) in [5.41, 5.74) is 3.59. The van der Waals surface area contributed by atoms with E-state index in [0.29, 0.717) is 75.3 Å². The topological polar surface area (TPSA) is 63.2 Å². The first-order chi connectivity index (χ1) is 24.5. The first kappa shape index (κ1) is 51.9. The Bertz CT molecular complexity index is 1100. The zero-order valence-corrected chi connectivity index (χ0v) is 44.0. The second-order valence-corrected chi connectivity index (χ2v) is 42.2. The molecule has 54 heavy (non-hydrogen) atoms. The average Bonchev–Trinajstić information content (AvgIpc) is 3.00. The van der Waals surface area contributed by atoms with Gasteiger partial charge in [-0.25, -0.2) is 0 Å². The molecule has 6 nitrogen and oxygen atoms in total. The average molecular weight is 830 g/mol. The van der Waals surface area contributed by atoms with E-state index in [1.165, 1.54) is 0 Å². The largest absolute Gasteiger partial charge is 0.482 e. The van der Waals surface area contributed by atoms with Crippen LogP contribution >= 0.6 is 0 Å². The molecule has 0 amide bonds. The van der Waals surface area contributed by atoms with Gasteiger partial charge in [-0.1, -0.05) is 145 Å². The van der Waals surface area contributed by atoms with Gasteiger partial charge >= 0.3 is 0 Å². The van der Waals surface area contributed by atoms with Crippen LogP contribution in [0.2, 0.25) is 68.0 Å².